The molecule has 1 heterocycles. The number of nitrogens with one attached hydrogen (secondary N) is 1. The number of fused-ring (bicyclic) bond motifs is 1. The predicted octanol–water partition coefficient (Wildman–Crippen LogP) is 1.22. The van der Waals surface area contributed by atoms with Gasteiger partial charge in [0, 0.05) is 27.2 Å². The molecule has 0 aliphatic carbocycles. The Balaban J connectivity index is 2.42. The highest BCUT2D eigenvalue weighted by molar-refractivity contribution is 5.71. The maximum absolute atomic E-state index is 7.87. The molecule has 3 heteroatoms. The van der Waals surface area contributed by atoms with E-state index in [1.807, 2.05) is 12.1 Å². The molecule has 1 N–H and O–H groups in total. The van der Waals surface area contributed by atoms with E-state index >= 15 is 0 Å². The summed E-state index contributed by atoms with van der Waals surface area (Å²) in [6.07, 6.45) is 0. The molecular formula is C11H16N3. The van der Waals surface area contributed by atoms with E-state index in [2.05, 4.69) is 36.0 Å². The number of nitrogens with zero attached hydrogens (tertiary/aromatic N) is 2. The van der Waals surface area contributed by atoms with Crippen LogP contribution in [0.1, 0.15) is 0 Å². The third-order valence-corrected chi connectivity index (χ3v) is 2.69. The summed E-state index contributed by atoms with van der Waals surface area (Å²) in [5.41, 5.74) is 10.3. The summed E-state index contributed by atoms with van der Waals surface area (Å²) >= 11 is 0. The van der Waals surface area contributed by atoms with Crippen LogP contribution in [-0.2, 0) is 0 Å². The van der Waals surface area contributed by atoms with E-state index < -0.39 is 0 Å². The molecule has 75 valence electrons. The first kappa shape index (κ1) is 9.34. The Morgan fingerprint density at radius 1 is 1.07 bits per heavy atom. The van der Waals surface area contributed by atoms with Crippen LogP contribution in [0.15, 0.2) is 24.3 Å². The molecule has 0 aromatic heterocycles. The third kappa shape index (κ3) is 1.55. The number of anilines is 2. The van der Waals surface area contributed by atoms with E-state index in [0.717, 1.165) is 13.1 Å². The van der Waals surface area contributed by atoms with Gasteiger partial charge in [0.05, 0.1) is 17.4 Å². The van der Waals surface area contributed by atoms with Crippen molar-refractivity contribution >= 4 is 11.4 Å². The lowest BCUT2D eigenvalue weighted by Gasteiger charge is -2.21. The molecule has 0 saturated heterocycles. The Labute approximate surface area is 85.1 Å². The number of hydrogen-bond acceptors (Lipinski definition) is 2. The lowest BCUT2D eigenvalue weighted by atomic mass is 10.2. The summed E-state index contributed by atoms with van der Waals surface area (Å²) in [5, 5.41) is 0. The van der Waals surface area contributed by atoms with Crippen molar-refractivity contribution in [2.24, 2.45) is 0 Å². The second-order valence-corrected chi connectivity index (χ2v) is 3.95. The lowest BCUT2D eigenvalue weighted by Crippen LogP contribution is -2.34. The predicted molar refractivity (Wildman–Crippen MR) is 59.9 cm³/mol. The van der Waals surface area contributed by atoms with E-state index in [9.17, 15) is 0 Å². The molecule has 0 spiro atoms. The van der Waals surface area contributed by atoms with Crippen molar-refractivity contribution < 1.29 is 0 Å². The third-order valence-electron chi connectivity index (χ3n) is 2.69. The number of hydrogen-bond donors (Lipinski definition) is 0. The van der Waals surface area contributed by atoms with E-state index in [-0.39, 0.29) is 6.04 Å². The highest BCUT2D eigenvalue weighted by Crippen LogP contribution is 2.29. The second-order valence-electron chi connectivity index (χ2n) is 3.95. The molecule has 1 radical (unpaired) electrons. The number of benzene rings is 1. The van der Waals surface area contributed by atoms with Gasteiger partial charge in [-0.1, -0.05) is 12.1 Å². The summed E-state index contributed by atoms with van der Waals surface area (Å²) in [7, 11) is 4.11. The van der Waals surface area contributed by atoms with Crippen LogP contribution in [0.4, 0.5) is 11.4 Å². The second kappa shape index (κ2) is 3.50. The van der Waals surface area contributed by atoms with E-state index in [0.29, 0.717) is 0 Å². The highest BCUT2D eigenvalue weighted by atomic mass is 15.2. The average molecular weight is 190 g/mol. The molecule has 1 aromatic carbocycles. The number of likely N-dealkylation sites (N-methyl/N-ethyl adjacent to an activating group) is 2. The molecule has 0 fully saturated rings. The number of para-hydroxylation sites is 2. The highest BCUT2D eigenvalue weighted by Gasteiger charge is 2.19. The summed E-state index contributed by atoms with van der Waals surface area (Å²) < 4.78 is 0. The van der Waals surface area contributed by atoms with Crippen LogP contribution in [0, 0.1) is 0 Å². The van der Waals surface area contributed by atoms with Gasteiger partial charge in [-0.2, -0.15) is 0 Å². The zero-order valence-electron chi connectivity index (χ0n) is 8.70. The molecule has 14 heavy (non-hydrogen) atoms. The molecule has 1 aromatic rings. The smallest absolute Gasteiger partial charge is 0.0601 e. The molecule has 2 rings (SSSR count). The van der Waals surface area contributed by atoms with Crippen molar-refractivity contribution in [1.29, 1.82) is 0 Å². The van der Waals surface area contributed by atoms with Gasteiger partial charge in [-0.15, -0.1) is 0 Å². The van der Waals surface area contributed by atoms with E-state index in [1.54, 1.807) is 0 Å². The normalized spacial score (nSPS) is 17.9. The lowest BCUT2D eigenvalue weighted by molar-refractivity contribution is 0.647. The van der Waals surface area contributed by atoms with Gasteiger partial charge in [0.15, 0.2) is 0 Å². The monoisotopic (exact) mass is 190 g/mol. The van der Waals surface area contributed by atoms with Crippen molar-refractivity contribution in [1.82, 2.24) is 5.73 Å². The standard InChI is InChI=1S/C11H16N3/c1-13-7-9(12)8-14(2)11-6-4-3-5-10(11)13/h3-6,9,12H,7-8H2,1-2H3. The minimum atomic E-state index is -0.0302. The van der Waals surface area contributed by atoms with Crippen molar-refractivity contribution in [2.45, 2.75) is 6.04 Å². The SMILES string of the molecule is CN1CC([NH])CN(C)c2ccccc21. The summed E-state index contributed by atoms with van der Waals surface area (Å²) in [5.74, 6) is 0. The van der Waals surface area contributed by atoms with Gasteiger partial charge < -0.3 is 9.80 Å². The largest absolute Gasteiger partial charge is 0.371 e. The van der Waals surface area contributed by atoms with Crippen molar-refractivity contribution in [2.75, 3.05) is 37.0 Å². The zero-order valence-corrected chi connectivity index (χ0v) is 8.70. The molecule has 1 aliphatic rings. The van der Waals surface area contributed by atoms with Crippen LogP contribution in [0.2, 0.25) is 0 Å². The van der Waals surface area contributed by atoms with Crippen molar-refractivity contribution in [3.63, 3.8) is 0 Å². The van der Waals surface area contributed by atoms with Crippen molar-refractivity contribution in [3.05, 3.63) is 24.3 Å². The van der Waals surface area contributed by atoms with Gasteiger partial charge in [-0.25, -0.2) is 0 Å². The molecule has 1 aliphatic heterocycles. The van der Waals surface area contributed by atoms with Crippen LogP contribution in [0.25, 0.3) is 0 Å². The first-order valence-corrected chi connectivity index (χ1v) is 4.91. The first-order chi connectivity index (χ1) is 6.68. The van der Waals surface area contributed by atoms with Crippen LogP contribution in [0.3, 0.4) is 0 Å². The van der Waals surface area contributed by atoms with Gasteiger partial charge in [-0.3, -0.25) is 5.73 Å². The zero-order chi connectivity index (χ0) is 10.1. The Kier molecular flexibility index (Phi) is 2.33. The summed E-state index contributed by atoms with van der Waals surface area (Å²) in [6.45, 7) is 1.61. The molecule has 0 atom stereocenters. The summed E-state index contributed by atoms with van der Waals surface area (Å²) in [6, 6.07) is 8.30. The quantitative estimate of drug-likeness (QED) is 0.616. The van der Waals surface area contributed by atoms with Gasteiger partial charge in [0.25, 0.3) is 0 Å². The van der Waals surface area contributed by atoms with Crippen LogP contribution < -0.4 is 15.5 Å². The molecular weight excluding hydrogens is 174 g/mol. The molecule has 0 bridgehead atoms. The number of rotatable bonds is 0. The molecule has 3 nitrogen and oxygen atoms in total. The summed E-state index contributed by atoms with van der Waals surface area (Å²) in [4.78, 5) is 4.33. The van der Waals surface area contributed by atoms with Gasteiger partial charge in [0.1, 0.15) is 0 Å². The fraction of sp³-hybridized carbons (Fsp3) is 0.455. The Bertz CT molecular complexity index is 293. The van der Waals surface area contributed by atoms with Gasteiger partial charge in [-0.05, 0) is 12.1 Å². The maximum atomic E-state index is 7.87. The first-order valence-electron chi connectivity index (χ1n) is 4.91. The fourth-order valence-electron chi connectivity index (χ4n) is 2.03. The van der Waals surface area contributed by atoms with Crippen LogP contribution in [0.5, 0.6) is 0 Å². The Morgan fingerprint density at radius 3 is 1.93 bits per heavy atom. The van der Waals surface area contributed by atoms with Gasteiger partial charge in [0.2, 0.25) is 0 Å². The van der Waals surface area contributed by atoms with Gasteiger partial charge >= 0.3 is 0 Å². The Morgan fingerprint density at radius 2 is 1.50 bits per heavy atom. The maximum Gasteiger partial charge on any atom is 0.0601 e. The van der Waals surface area contributed by atoms with E-state index in [4.69, 9.17) is 5.73 Å². The topological polar surface area (TPSA) is 30.3 Å². The minimum absolute atomic E-state index is 0.0302. The Hall–Kier alpha value is -1.22. The van der Waals surface area contributed by atoms with E-state index in [1.165, 1.54) is 11.4 Å². The molecule has 0 unspecified atom stereocenters. The molecule has 0 amide bonds. The van der Waals surface area contributed by atoms with Crippen LogP contribution in [-0.4, -0.2) is 33.2 Å². The van der Waals surface area contributed by atoms with Crippen molar-refractivity contribution in [3.8, 4) is 0 Å². The molecule has 0 saturated carbocycles. The fourth-order valence-corrected chi connectivity index (χ4v) is 2.03. The minimum Gasteiger partial charge on any atom is -0.371 e. The average Bonchev–Trinajstić information content (AvgIpc) is 2.26. The van der Waals surface area contributed by atoms with Crippen LogP contribution >= 0.6 is 0 Å².